The summed E-state index contributed by atoms with van der Waals surface area (Å²) < 4.78 is 0. The largest absolute Gasteiger partial charge is 0.377 e. The van der Waals surface area contributed by atoms with E-state index in [2.05, 4.69) is 10.2 Å². The van der Waals surface area contributed by atoms with Crippen LogP contribution >= 0.6 is 34.7 Å². The molecule has 0 radical (unpaired) electrons. The number of amides is 2. The first-order valence-electron chi connectivity index (χ1n) is 7.66. The minimum atomic E-state index is -0.612. The zero-order valence-electron chi connectivity index (χ0n) is 13.8. The maximum absolute atomic E-state index is 12.6. The molecule has 2 aromatic rings. The van der Waals surface area contributed by atoms with Crippen LogP contribution in [0, 0.1) is 0 Å². The molecule has 0 unspecified atom stereocenters. The van der Waals surface area contributed by atoms with Gasteiger partial charge in [0, 0.05) is 11.4 Å². The number of thiophene rings is 1. The van der Waals surface area contributed by atoms with E-state index < -0.39 is 5.25 Å². The molecule has 0 aliphatic carbocycles. The number of rotatable bonds is 4. The van der Waals surface area contributed by atoms with E-state index in [0.717, 1.165) is 27.3 Å². The Hall–Kier alpha value is -2.16. The van der Waals surface area contributed by atoms with Gasteiger partial charge in [-0.1, -0.05) is 29.4 Å². The van der Waals surface area contributed by atoms with E-state index in [4.69, 9.17) is 17.3 Å². The molecule has 2 amide bonds. The summed E-state index contributed by atoms with van der Waals surface area (Å²) in [6.07, 6.45) is 0.0654. The Morgan fingerprint density at radius 1 is 1.27 bits per heavy atom. The van der Waals surface area contributed by atoms with Crippen LogP contribution in [0.3, 0.4) is 0 Å². The summed E-state index contributed by atoms with van der Waals surface area (Å²) in [5.74, 6) is -0.597. The first-order valence-corrected chi connectivity index (χ1v) is 9.80. The third kappa shape index (κ3) is 4.14. The number of nitrogens with two attached hydrogens (primary N) is 1. The first-order chi connectivity index (χ1) is 12.5. The number of hydrogen-bond donors (Lipinski definition) is 1. The highest BCUT2D eigenvalue weighted by Crippen LogP contribution is 2.30. The summed E-state index contributed by atoms with van der Waals surface area (Å²) in [4.78, 5) is 27.0. The lowest BCUT2D eigenvalue weighted by atomic mass is 10.3. The molecule has 0 spiro atoms. The van der Waals surface area contributed by atoms with Crippen molar-refractivity contribution in [3.63, 3.8) is 0 Å². The van der Waals surface area contributed by atoms with Crippen molar-refractivity contribution in [1.29, 1.82) is 0 Å². The van der Waals surface area contributed by atoms with Crippen molar-refractivity contribution in [3.05, 3.63) is 51.7 Å². The fourth-order valence-corrected chi connectivity index (χ4v) is 3.99. The number of benzene rings is 1. The Morgan fingerprint density at radius 3 is 2.65 bits per heavy atom. The van der Waals surface area contributed by atoms with E-state index in [1.807, 2.05) is 24.4 Å². The number of anilines is 1. The topological polar surface area (TPSA) is 88.1 Å². The molecule has 1 aliphatic rings. The number of imide groups is 1. The van der Waals surface area contributed by atoms with E-state index in [0.29, 0.717) is 10.7 Å². The van der Waals surface area contributed by atoms with Gasteiger partial charge < -0.3 is 5.73 Å². The van der Waals surface area contributed by atoms with Crippen LogP contribution in [0.5, 0.6) is 0 Å². The van der Waals surface area contributed by atoms with Gasteiger partial charge in [0.2, 0.25) is 11.8 Å². The fraction of sp³-hybridized carbons (Fsp3) is 0.176. The lowest BCUT2D eigenvalue weighted by Gasteiger charge is -2.14. The average molecular weight is 407 g/mol. The van der Waals surface area contributed by atoms with Crippen LogP contribution in [0.1, 0.15) is 18.2 Å². The molecule has 2 heterocycles. The van der Waals surface area contributed by atoms with Gasteiger partial charge in [-0.25, -0.2) is 4.90 Å². The quantitative estimate of drug-likeness (QED) is 0.364. The third-order valence-corrected chi connectivity index (χ3v) is 5.84. The lowest BCUT2D eigenvalue weighted by molar-refractivity contribution is -0.121. The number of carbonyl (C=O) groups excluding carboxylic acids is 2. The molecule has 1 aromatic carbocycles. The molecule has 134 valence electrons. The molecule has 0 bridgehead atoms. The van der Waals surface area contributed by atoms with Crippen molar-refractivity contribution in [3.8, 4) is 0 Å². The number of carbonyl (C=O) groups is 2. The maximum atomic E-state index is 12.6. The molecule has 2 N–H and O–H groups in total. The van der Waals surface area contributed by atoms with Crippen molar-refractivity contribution in [1.82, 2.24) is 0 Å². The summed E-state index contributed by atoms with van der Waals surface area (Å²) >= 11 is 8.45. The first kappa shape index (κ1) is 18.6. The Morgan fingerprint density at radius 2 is 2.00 bits per heavy atom. The number of halogens is 1. The predicted molar refractivity (Wildman–Crippen MR) is 108 cm³/mol. The fourth-order valence-electron chi connectivity index (χ4n) is 2.38. The normalized spacial score (nSPS) is 18.7. The molecular weight excluding hydrogens is 392 g/mol. The molecule has 1 aliphatic heterocycles. The summed E-state index contributed by atoms with van der Waals surface area (Å²) in [5.41, 5.74) is 7.11. The third-order valence-electron chi connectivity index (χ3n) is 3.63. The van der Waals surface area contributed by atoms with Gasteiger partial charge in [-0.05, 0) is 42.6 Å². The monoisotopic (exact) mass is 406 g/mol. The number of amidine groups is 1. The molecule has 9 heteroatoms. The van der Waals surface area contributed by atoms with Crippen molar-refractivity contribution >= 4 is 63.1 Å². The molecule has 3 rings (SSSR count). The molecule has 1 atom stereocenters. The Labute approximate surface area is 163 Å². The van der Waals surface area contributed by atoms with Gasteiger partial charge in [-0.3, -0.25) is 9.59 Å². The molecule has 1 fully saturated rings. The van der Waals surface area contributed by atoms with Crippen LogP contribution in [0.25, 0.3) is 0 Å². The Balaban J connectivity index is 1.69. The van der Waals surface area contributed by atoms with Gasteiger partial charge in [0.15, 0.2) is 5.17 Å². The molecule has 6 nitrogen and oxygen atoms in total. The van der Waals surface area contributed by atoms with Crippen LogP contribution in [-0.2, 0) is 9.59 Å². The number of nitrogens with zero attached hydrogens (tertiary/aromatic N) is 3. The number of hydrogen-bond acceptors (Lipinski definition) is 6. The molecule has 1 aromatic heterocycles. The second-order valence-corrected chi connectivity index (χ2v) is 8.06. The van der Waals surface area contributed by atoms with Crippen molar-refractivity contribution in [2.75, 3.05) is 4.90 Å². The highest BCUT2D eigenvalue weighted by molar-refractivity contribution is 8.14. The molecule has 0 saturated carbocycles. The smallest absolute Gasteiger partial charge is 0.247 e. The lowest BCUT2D eigenvalue weighted by Crippen LogP contribution is -2.31. The molecule has 26 heavy (non-hydrogen) atoms. The summed E-state index contributed by atoms with van der Waals surface area (Å²) in [5, 5.41) is 10.1. The SMILES string of the molecule is C/C(=N/N=C(N)S[C@H]1CC(=O)N(c2ccc(Cl)cc2)C1=O)c1cccs1. The minimum Gasteiger partial charge on any atom is -0.377 e. The van der Waals surface area contributed by atoms with Crippen molar-refractivity contribution in [2.24, 2.45) is 15.9 Å². The Bertz CT molecular complexity index is 879. The van der Waals surface area contributed by atoms with E-state index in [9.17, 15) is 9.59 Å². The van der Waals surface area contributed by atoms with Gasteiger partial charge in [-0.15, -0.1) is 16.4 Å². The van der Waals surface area contributed by atoms with Crippen LogP contribution in [0.2, 0.25) is 5.02 Å². The van der Waals surface area contributed by atoms with Crippen LogP contribution in [0.4, 0.5) is 5.69 Å². The standard InChI is InChI=1S/C17H15ClN4O2S2/c1-10(13-3-2-8-25-13)20-21-17(19)26-14-9-15(23)22(16(14)24)12-6-4-11(18)5-7-12/h2-8,14H,9H2,1H3,(H2,19,21)/b20-10-/t14-/m0/s1. The number of thioether (sulfide) groups is 1. The highest BCUT2D eigenvalue weighted by atomic mass is 35.5. The van der Waals surface area contributed by atoms with Gasteiger partial charge >= 0.3 is 0 Å². The Kier molecular flexibility index (Phi) is 5.75. The van der Waals surface area contributed by atoms with Crippen molar-refractivity contribution in [2.45, 2.75) is 18.6 Å². The van der Waals surface area contributed by atoms with Gasteiger partial charge in [-0.2, -0.15) is 5.10 Å². The van der Waals surface area contributed by atoms with E-state index in [1.165, 1.54) is 0 Å². The van der Waals surface area contributed by atoms with Gasteiger partial charge in [0.25, 0.3) is 0 Å². The summed E-state index contributed by atoms with van der Waals surface area (Å²) in [7, 11) is 0. The highest BCUT2D eigenvalue weighted by Gasteiger charge is 2.40. The van der Waals surface area contributed by atoms with E-state index in [1.54, 1.807) is 35.6 Å². The second-order valence-electron chi connectivity index (χ2n) is 5.46. The summed E-state index contributed by atoms with van der Waals surface area (Å²) in [6.45, 7) is 1.83. The molecule has 1 saturated heterocycles. The zero-order chi connectivity index (χ0) is 18.7. The average Bonchev–Trinajstić information content (AvgIpc) is 3.23. The van der Waals surface area contributed by atoms with E-state index in [-0.39, 0.29) is 23.4 Å². The van der Waals surface area contributed by atoms with Crippen LogP contribution in [0.15, 0.2) is 52.0 Å². The van der Waals surface area contributed by atoms with Crippen LogP contribution < -0.4 is 10.6 Å². The second kappa shape index (κ2) is 8.03. The van der Waals surface area contributed by atoms with Gasteiger partial charge in [0.05, 0.1) is 16.3 Å². The van der Waals surface area contributed by atoms with Crippen molar-refractivity contribution < 1.29 is 9.59 Å². The molecular formula is C17H15ClN4O2S2. The zero-order valence-corrected chi connectivity index (χ0v) is 16.1. The van der Waals surface area contributed by atoms with Crippen LogP contribution in [-0.4, -0.2) is 27.9 Å². The van der Waals surface area contributed by atoms with E-state index >= 15 is 0 Å². The minimum absolute atomic E-state index is 0.0654. The van der Waals surface area contributed by atoms with Gasteiger partial charge in [0.1, 0.15) is 5.25 Å². The summed E-state index contributed by atoms with van der Waals surface area (Å²) in [6, 6.07) is 10.4. The predicted octanol–water partition coefficient (Wildman–Crippen LogP) is 3.51. The maximum Gasteiger partial charge on any atom is 0.247 e.